The second-order valence-corrected chi connectivity index (χ2v) is 6.55. The van der Waals surface area contributed by atoms with Crippen molar-refractivity contribution >= 4 is 28.8 Å². The van der Waals surface area contributed by atoms with Crippen molar-refractivity contribution in [2.45, 2.75) is 39.7 Å². The molecule has 0 aliphatic rings. The van der Waals surface area contributed by atoms with Gasteiger partial charge in [0.1, 0.15) is 17.9 Å². The monoisotopic (exact) mass is 404 g/mol. The van der Waals surface area contributed by atoms with Gasteiger partial charge in [-0.05, 0) is 38.0 Å². The molecule has 0 bridgehead atoms. The molecule has 1 aromatic carbocycles. The van der Waals surface area contributed by atoms with Crippen LogP contribution >= 0.6 is 0 Å². The zero-order valence-corrected chi connectivity index (χ0v) is 16.5. The number of carbonyl (C=O) groups is 3. The summed E-state index contributed by atoms with van der Waals surface area (Å²) in [5.74, 6) is -1.97. The number of carboxylic acid groups (broad SMARTS) is 1. The molecule has 1 atom stereocenters. The van der Waals surface area contributed by atoms with Crippen LogP contribution in [-0.2, 0) is 20.8 Å². The predicted molar refractivity (Wildman–Crippen MR) is 105 cm³/mol. The molecule has 156 valence electrons. The summed E-state index contributed by atoms with van der Waals surface area (Å²) in [4.78, 5) is 45.9. The summed E-state index contributed by atoms with van der Waals surface area (Å²) in [5, 5.41) is 13.8. The van der Waals surface area contributed by atoms with Gasteiger partial charge in [-0.3, -0.25) is 14.4 Å². The van der Waals surface area contributed by atoms with Gasteiger partial charge in [-0.25, -0.2) is 4.79 Å². The molecule has 0 saturated carbocycles. The normalized spacial score (nSPS) is 11.7. The van der Waals surface area contributed by atoms with E-state index in [2.05, 4.69) is 10.6 Å². The standard InChI is InChI=1S/C20H24N2O7/c1-4-5-13-8-18(26)29-19-11(2)15(7-6-14(13)19)28-12(3)20(27)22-9-16(23)21-10-17(24)25/h6-8,12H,4-5,9-10H2,1-3H3,(H,21,23)(H,22,27)(H,24,25)/t12-/m1/s1. The first-order valence-electron chi connectivity index (χ1n) is 9.22. The van der Waals surface area contributed by atoms with Gasteiger partial charge in [0.25, 0.3) is 5.91 Å². The Morgan fingerprint density at radius 1 is 1.21 bits per heavy atom. The third kappa shape index (κ3) is 5.81. The molecule has 0 aliphatic carbocycles. The Bertz CT molecular complexity index is 981. The number of ether oxygens (including phenoxy) is 1. The topological polar surface area (TPSA) is 135 Å². The lowest BCUT2D eigenvalue weighted by Crippen LogP contribution is -2.43. The van der Waals surface area contributed by atoms with Crippen molar-refractivity contribution in [3.05, 3.63) is 39.7 Å². The highest BCUT2D eigenvalue weighted by Crippen LogP contribution is 2.29. The minimum absolute atomic E-state index is 0.369. The Labute approximate surface area is 167 Å². The van der Waals surface area contributed by atoms with Crippen LogP contribution in [0.3, 0.4) is 0 Å². The summed E-state index contributed by atoms with van der Waals surface area (Å²) >= 11 is 0. The van der Waals surface area contributed by atoms with E-state index in [0.717, 1.165) is 23.8 Å². The maximum Gasteiger partial charge on any atom is 0.336 e. The first kappa shape index (κ1) is 21.9. The maximum atomic E-state index is 12.2. The summed E-state index contributed by atoms with van der Waals surface area (Å²) in [5.41, 5.74) is 1.46. The first-order valence-corrected chi connectivity index (χ1v) is 9.22. The summed E-state index contributed by atoms with van der Waals surface area (Å²) < 4.78 is 11.0. The van der Waals surface area contributed by atoms with Crippen molar-refractivity contribution in [3.8, 4) is 5.75 Å². The van der Waals surface area contributed by atoms with E-state index in [-0.39, 0.29) is 6.54 Å². The molecule has 0 radical (unpaired) electrons. The highest BCUT2D eigenvalue weighted by Gasteiger charge is 2.19. The van der Waals surface area contributed by atoms with Crippen LogP contribution in [0.15, 0.2) is 27.4 Å². The molecule has 0 spiro atoms. The zero-order valence-electron chi connectivity index (χ0n) is 16.5. The van der Waals surface area contributed by atoms with E-state index in [1.54, 1.807) is 19.1 Å². The number of hydrogen-bond acceptors (Lipinski definition) is 6. The largest absolute Gasteiger partial charge is 0.480 e. The SMILES string of the molecule is CCCc1cc(=O)oc2c(C)c(O[C@H](C)C(=O)NCC(=O)NCC(=O)O)ccc12. The molecular formula is C20H24N2O7. The van der Waals surface area contributed by atoms with Crippen molar-refractivity contribution in [2.24, 2.45) is 0 Å². The van der Waals surface area contributed by atoms with E-state index in [9.17, 15) is 19.2 Å². The van der Waals surface area contributed by atoms with E-state index < -0.39 is 36.1 Å². The van der Waals surface area contributed by atoms with Crippen LogP contribution in [0, 0.1) is 6.92 Å². The second-order valence-electron chi connectivity index (χ2n) is 6.55. The Hall–Kier alpha value is -3.36. The van der Waals surface area contributed by atoms with Gasteiger partial charge in [-0.2, -0.15) is 0 Å². The average Bonchev–Trinajstić information content (AvgIpc) is 2.67. The number of aliphatic carboxylic acids is 1. The minimum Gasteiger partial charge on any atom is -0.480 e. The lowest BCUT2D eigenvalue weighted by molar-refractivity contribution is -0.137. The number of benzene rings is 1. The van der Waals surface area contributed by atoms with Gasteiger partial charge in [0, 0.05) is 17.0 Å². The number of fused-ring (bicyclic) bond motifs is 1. The number of amides is 2. The van der Waals surface area contributed by atoms with Gasteiger partial charge in [0.15, 0.2) is 6.10 Å². The van der Waals surface area contributed by atoms with Crippen LogP contribution in [0.25, 0.3) is 11.0 Å². The van der Waals surface area contributed by atoms with Crippen molar-refractivity contribution in [3.63, 3.8) is 0 Å². The molecule has 1 aromatic heterocycles. The van der Waals surface area contributed by atoms with E-state index in [1.165, 1.54) is 13.0 Å². The highest BCUT2D eigenvalue weighted by molar-refractivity contribution is 5.88. The van der Waals surface area contributed by atoms with Gasteiger partial charge in [0.05, 0.1) is 6.54 Å². The Kier molecular flexibility index (Phi) is 7.35. The number of aryl methyl sites for hydroxylation is 2. The molecule has 2 amide bonds. The molecule has 3 N–H and O–H groups in total. The average molecular weight is 404 g/mol. The summed E-state index contributed by atoms with van der Waals surface area (Å²) in [6.07, 6.45) is 0.696. The molecule has 0 unspecified atom stereocenters. The first-order chi connectivity index (χ1) is 13.7. The minimum atomic E-state index is -1.18. The second kappa shape index (κ2) is 9.72. The van der Waals surface area contributed by atoms with Gasteiger partial charge in [-0.1, -0.05) is 13.3 Å². The van der Waals surface area contributed by atoms with Crippen LogP contribution < -0.4 is 21.0 Å². The van der Waals surface area contributed by atoms with Gasteiger partial charge < -0.3 is 24.9 Å². The smallest absolute Gasteiger partial charge is 0.336 e. The predicted octanol–water partition coefficient (Wildman–Crippen LogP) is 1.14. The molecule has 2 aromatic rings. The zero-order chi connectivity index (χ0) is 21.6. The van der Waals surface area contributed by atoms with E-state index in [0.29, 0.717) is 16.9 Å². The van der Waals surface area contributed by atoms with Crippen molar-refractivity contribution in [1.29, 1.82) is 0 Å². The molecule has 0 saturated heterocycles. The molecule has 9 nitrogen and oxygen atoms in total. The number of nitrogens with one attached hydrogen (secondary N) is 2. The fourth-order valence-corrected chi connectivity index (χ4v) is 2.80. The van der Waals surface area contributed by atoms with E-state index in [4.69, 9.17) is 14.3 Å². The van der Waals surface area contributed by atoms with E-state index >= 15 is 0 Å². The fourth-order valence-electron chi connectivity index (χ4n) is 2.80. The summed E-state index contributed by atoms with van der Waals surface area (Å²) in [6, 6.07) is 4.98. The maximum absolute atomic E-state index is 12.2. The summed E-state index contributed by atoms with van der Waals surface area (Å²) in [7, 11) is 0. The van der Waals surface area contributed by atoms with Crippen LogP contribution in [0.1, 0.15) is 31.4 Å². The molecule has 0 fully saturated rings. The van der Waals surface area contributed by atoms with Crippen LogP contribution in [0.5, 0.6) is 5.75 Å². The molecular weight excluding hydrogens is 380 g/mol. The van der Waals surface area contributed by atoms with Gasteiger partial charge >= 0.3 is 11.6 Å². The number of hydrogen-bond donors (Lipinski definition) is 3. The Morgan fingerprint density at radius 3 is 2.59 bits per heavy atom. The van der Waals surface area contributed by atoms with Crippen molar-refractivity contribution in [1.82, 2.24) is 10.6 Å². The number of carboxylic acids is 1. The summed E-state index contributed by atoms with van der Waals surface area (Å²) in [6.45, 7) is 4.37. The third-order valence-electron chi connectivity index (χ3n) is 4.25. The molecule has 0 aliphatic heterocycles. The van der Waals surface area contributed by atoms with Crippen LogP contribution in [0.2, 0.25) is 0 Å². The van der Waals surface area contributed by atoms with Crippen LogP contribution in [0.4, 0.5) is 0 Å². The van der Waals surface area contributed by atoms with Crippen molar-refractivity contribution < 1.29 is 28.6 Å². The van der Waals surface area contributed by atoms with Crippen LogP contribution in [-0.4, -0.2) is 42.1 Å². The van der Waals surface area contributed by atoms with Gasteiger partial charge in [0.2, 0.25) is 5.91 Å². The lowest BCUT2D eigenvalue weighted by Gasteiger charge is -2.17. The molecule has 1 heterocycles. The molecule has 9 heteroatoms. The number of carbonyl (C=O) groups excluding carboxylic acids is 2. The Morgan fingerprint density at radius 2 is 1.93 bits per heavy atom. The third-order valence-corrected chi connectivity index (χ3v) is 4.25. The van der Waals surface area contributed by atoms with E-state index in [1.807, 2.05) is 6.92 Å². The Balaban J connectivity index is 2.10. The fraction of sp³-hybridized carbons (Fsp3) is 0.400. The van der Waals surface area contributed by atoms with Crippen molar-refractivity contribution in [2.75, 3.05) is 13.1 Å². The molecule has 29 heavy (non-hydrogen) atoms. The highest BCUT2D eigenvalue weighted by atomic mass is 16.5. The quantitative estimate of drug-likeness (QED) is 0.533. The molecule has 2 rings (SSSR count). The number of rotatable bonds is 9. The lowest BCUT2D eigenvalue weighted by atomic mass is 10.0. The van der Waals surface area contributed by atoms with Gasteiger partial charge in [-0.15, -0.1) is 0 Å².